The standard InChI is InChI=1S/C19H24N2O3/c1-14-8-10-16(11-9-14)12-15(2)24-18-7-5-6-17(13-18)20-19(22)21(3)23-4/h5-11,13,15H,12H2,1-4H3,(H,20,22). The van der Waals surface area contributed by atoms with Gasteiger partial charge in [-0.15, -0.1) is 0 Å². The third-order valence-corrected chi connectivity index (χ3v) is 3.63. The van der Waals surface area contributed by atoms with E-state index in [1.165, 1.54) is 18.2 Å². The lowest BCUT2D eigenvalue weighted by Gasteiger charge is -2.17. The fraction of sp³-hybridized carbons (Fsp3) is 0.316. The van der Waals surface area contributed by atoms with Gasteiger partial charge in [-0.05, 0) is 31.5 Å². The fourth-order valence-corrected chi connectivity index (χ4v) is 2.26. The van der Waals surface area contributed by atoms with Crippen molar-refractivity contribution in [1.29, 1.82) is 0 Å². The lowest BCUT2D eigenvalue weighted by Crippen LogP contribution is -2.30. The van der Waals surface area contributed by atoms with Crippen LogP contribution in [-0.4, -0.2) is 31.4 Å². The van der Waals surface area contributed by atoms with Gasteiger partial charge in [0.05, 0.1) is 13.2 Å². The van der Waals surface area contributed by atoms with Crippen molar-refractivity contribution in [2.24, 2.45) is 0 Å². The number of nitrogens with zero attached hydrogens (tertiary/aromatic N) is 1. The number of benzene rings is 2. The Bertz CT molecular complexity index is 671. The van der Waals surface area contributed by atoms with E-state index < -0.39 is 0 Å². The third-order valence-electron chi connectivity index (χ3n) is 3.63. The maximum Gasteiger partial charge on any atom is 0.345 e. The number of aryl methyl sites for hydroxylation is 1. The van der Waals surface area contributed by atoms with Crippen molar-refractivity contribution in [3.8, 4) is 5.75 Å². The summed E-state index contributed by atoms with van der Waals surface area (Å²) in [6.07, 6.45) is 0.851. The number of carbonyl (C=O) groups is 1. The zero-order valence-electron chi connectivity index (χ0n) is 14.6. The van der Waals surface area contributed by atoms with Gasteiger partial charge >= 0.3 is 6.03 Å². The van der Waals surface area contributed by atoms with Crippen LogP contribution in [0.2, 0.25) is 0 Å². The van der Waals surface area contributed by atoms with Crippen LogP contribution >= 0.6 is 0 Å². The number of hydrogen-bond donors (Lipinski definition) is 1. The van der Waals surface area contributed by atoms with Gasteiger partial charge in [-0.25, -0.2) is 9.86 Å². The highest BCUT2D eigenvalue weighted by Gasteiger charge is 2.10. The second-order valence-electron chi connectivity index (χ2n) is 5.76. The minimum absolute atomic E-state index is 0.0281. The minimum Gasteiger partial charge on any atom is -0.490 e. The van der Waals surface area contributed by atoms with E-state index in [0.29, 0.717) is 11.4 Å². The molecule has 24 heavy (non-hydrogen) atoms. The van der Waals surface area contributed by atoms with Crippen LogP contribution in [0.25, 0.3) is 0 Å². The van der Waals surface area contributed by atoms with E-state index in [9.17, 15) is 4.79 Å². The summed E-state index contributed by atoms with van der Waals surface area (Å²) in [7, 11) is 2.98. The minimum atomic E-state index is -0.345. The maximum absolute atomic E-state index is 11.8. The summed E-state index contributed by atoms with van der Waals surface area (Å²) >= 11 is 0. The van der Waals surface area contributed by atoms with E-state index >= 15 is 0 Å². The highest BCUT2D eigenvalue weighted by Crippen LogP contribution is 2.20. The van der Waals surface area contributed by atoms with Crippen molar-refractivity contribution in [3.63, 3.8) is 0 Å². The molecule has 0 heterocycles. The summed E-state index contributed by atoms with van der Waals surface area (Å²) in [6, 6.07) is 15.4. The lowest BCUT2D eigenvalue weighted by atomic mass is 10.1. The predicted octanol–water partition coefficient (Wildman–Crippen LogP) is 4.03. The molecule has 0 bridgehead atoms. The first-order chi connectivity index (χ1) is 11.5. The number of ether oxygens (including phenoxy) is 1. The van der Waals surface area contributed by atoms with Crippen LogP contribution in [0.4, 0.5) is 10.5 Å². The Labute approximate surface area is 143 Å². The van der Waals surface area contributed by atoms with Gasteiger partial charge < -0.3 is 10.1 Å². The lowest BCUT2D eigenvalue weighted by molar-refractivity contribution is -0.0598. The molecular weight excluding hydrogens is 304 g/mol. The van der Waals surface area contributed by atoms with Crippen molar-refractivity contribution in [1.82, 2.24) is 5.06 Å². The molecule has 0 saturated heterocycles. The molecule has 5 heteroatoms. The largest absolute Gasteiger partial charge is 0.490 e. The molecule has 0 radical (unpaired) electrons. The molecule has 2 amide bonds. The average molecular weight is 328 g/mol. The Morgan fingerprint density at radius 2 is 1.92 bits per heavy atom. The summed E-state index contributed by atoms with van der Waals surface area (Å²) < 4.78 is 5.96. The quantitative estimate of drug-likeness (QED) is 0.815. The van der Waals surface area contributed by atoms with Gasteiger partial charge in [-0.2, -0.15) is 0 Å². The number of anilines is 1. The zero-order chi connectivity index (χ0) is 17.5. The molecule has 0 aliphatic rings. The van der Waals surface area contributed by atoms with Gasteiger partial charge in [-0.1, -0.05) is 35.9 Å². The Balaban J connectivity index is 1.95. The first-order valence-electron chi connectivity index (χ1n) is 7.89. The Kier molecular flexibility index (Phi) is 6.21. The molecule has 0 aromatic heterocycles. The SMILES string of the molecule is CON(C)C(=O)Nc1cccc(OC(C)Cc2ccc(C)cc2)c1. The van der Waals surface area contributed by atoms with Gasteiger partial charge in [0.25, 0.3) is 0 Å². The van der Waals surface area contributed by atoms with Crippen LogP contribution in [0.5, 0.6) is 5.75 Å². The van der Waals surface area contributed by atoms with Crippen LogP contribution in [0, 0.1) is 6.92 Å². The van der Waals surface area contributed by atoms with E-state index in [1.54, 1.807) is 19.2 Å². The molecular formula is C19H24N2O3. The number of urea groups is 1. The molecule has 0 fully saturated rings. The Hall–Kier alpha value is -2.53. The van der Waals surface area contributed by atoms with E-state index in [1.807, 2.05) is 19.1 Å². The van der Waals surface area contributed by atoms with Crippen LogP contribution in [0.3, 0.4) is 0 Å². The molecule has 128 valence electrons. The average Bonchev–Trinajstić information content (AvgIpc) is 2.56. The van der Waals surface area contributed by atoms with Crippen molar-refractivity contribution in [2.75, 3.05) is 19.5 Å². The van der Waals surface area contributed by atoms with E-state index in [0.717, 1.165) is 11.5 Å². The van der Waals surface area contributed by atoms with Crippen LogP contribution in [0.1, 0.15) is 18.1 Å². The molecule has 2 aromatic rings. The summed E-state index contributed by atoms with van der Waals surface area (Å²) in [5.74, 6) is 0.715. The highest BCUT2D eigenvalue weighted by atomic mass is 16.7. The number of hydrogen-bond acceptors (Lipinski definition) is 3. The van der Waals surface area contributed by atoms with Gasteiger partial charge in [0.15, 0.2) is 0 Å². The first-order valence-corrected chi connectivity index (χ1v) is 7.89. The number of rotatable bonds is 6. The van der Waals surface area contributed by atoms with E-state index in [4.69, 9.17) is 9.57 Å². The van der Waals surface area contributed by atoms with E-state index in [-0.39, 0.29) is 12.1 Å². The number of carbonyl (C=O) groups excluding carboxylic acids is 1. The monoisotopic (exact) mass is 328 g/mol. The van der Waals surface area contributed by atoms with Gasteiger partial charge in [0.1, 0.15) is 5.75 Å². The molecule has 0 aliphatic heterocycles. The third kappa shape index (κ3) is 5.28. The Morgan fingerprint density at radius 1 is 1.21 bits per heavy atom. The summed E-state index contributed by atoms with van der Waals surface area (Å²) in [4.78, 5) is 16.6. The summed E-state index contributed by atoms with van der Waals surface area (Å²) in [5, 5.41) is 3.86. The molecule has 1 atom stereocenters. The molecule has 2 rings (SSSR count). The van der Waals surface area contributed by atoms with Crippen LogP contribution in [-0.2, 0) is 11.3 Å². The molecule has 1 N–H and O–H groups in total. The summed E-state index contributed by atoms with van der Waals surface area (Å²) in [6.45, 7) is 4.11. The first kappa shape index (κ1) is 17.8. The van der Waals surface area contributed by atoms with Gasteiger partial charge in [0, 0.05) is 25.2 Å². The summed E-state index contributed by atoms with van der Waals surface area (Å²) in [5.41, 5.74) is 3.14. The molecule has 2 aromatic carbocycles. The van der Waals surface area contributed by atoms with Crippen molar-refractivity contribution in [2.45, 2.75) is 26.4 Å². The van der Waals surface area contributed by atoms with Crippen LogP contribution < -0.4 is 10.1 Å². The van der Waals surface area contributed by atoms with Crippen molar-refractivity contribution in [3.05, 3.63) is 59.7 Å². The second-order valence-corrected chi connectivity index (χ2v) is 5.76. The number of hydroxylamine groups is 2. The molecule has 5 nitrogen and oxygen atoms in total. The zero-order valence-corrected chi connectivity index (χ0v) is 14.6. The second kappa shape index (κ2) is 8.36. The van der Waals surface area contributed by atoms with Gasteiger partial charge in [0.2, 0.25) is 0 Å². The number of nitrogens with one attached hydrogen (secondary N) is 1. The Morgan fingerprint density at radius 3 is 2.58 bits per heavy atom. The number of amides is 2. The fourth-order valence-electron chi connectivity index (χ4n) is 2.26. The smallest absolute Gasteiger partial charge is 0.345 e. The molecule has 0 aliphatic carbocycles. The molecule has 0 saturated carbocycles. The molecule has 0 spiro atoms. The topological polar surface area (TPSA) is 50.8 Å². The maximum atomic E-state index is 11.8. The normalized spacial score (nSPS) is 11.7. The van der Waals surface area contributed by atoms with Crippen molar-refractivity contribution >= 4 is 11.7 Å². The highest BCUT2D eigenvalue weighted by molar-refractivity contribution is 5.88. The van der Waals surface area contributed by atoms with E-state index in [2.05, 4.69) is 36.5 Å². The van der Waals surface area contributed by atoms with Crippen LogP contribution in [0.15, 0.2) is 48.5 Å². The predicted molar refractivity (Wildman–Crippen MR) is 95.2 cm³/mol. The molecule has 1 unspecified atom stereocenters. The van der Waals surface area contributed by atoms with Crippen molar-refractivity contribution < 1.29 is 14.4 Å². The van der Waals surface area contributed by atoms with Gasteiger partial charge in [-0.3, -0.25) is 4.84 Å².